The van der Waals surface area contributed by atoms with Crippen molar-refractivity contribution in [3.63, 3.8) is 0 Å². The van der Waals surface area contributed by atoms with Crippen molar-refractivity contribution in [1.29, 1.82) is 0 Å². The topological polar surface area (TPSA) is 89.8 Å². The summed E-state index contributed by atoms with van der Waals surface area (Å²) < 4.78 is 2.89. The van der Waals surface area contributed by atoms with Crippen molar-refractivity contribution in [2.24, 2.45) is 0 Å². The average Bonchev–Trinajstić information content (AvgIpc) is 2.67. The second-order valence-electron chi connectivity index (χ2n) is 6.53. The largest absolute Gasteiger partial charge is 0.330 e. The summed E-state index contributed by atoms with van der Waals surface area (Å²) in [7, 11) is 0. The van der Waals surface area contributed by atoms with Gasteiger partial charge in [-0.15, -0.1) is 0 Å². The zero-order valence-corrected chi connectivity index (χ0v) is 15.7. The number of benzene rings is 1. The third kappa shape index (κ3) is 3.77. The highest BCUT2D eigenvalue weighted by Gasteiger charge is 2.17. The van der Waals surface area contributed by atoms with Crippen LogP contribution in [0.25, 0.3) is 11.2 Å². The number of hydrogen-bond donors (Lipinski definition) is 1. The van der Waals surface area contributed by atoms with E-state index in [4.69, 9.17) is 0 Å². The molecule has 0 aliphatic carbocycles. The molecular formula is C20H24N4O3. The van der Waals surface area contributed by atoms with Crippen LogP contribution in [-0.2, 0) is 25.9 Å². The molecular weight excluding hydrogens is 344 g/mol. The Morgan fingerprint density at radius 1 is 1.00 bits per heavy atom. The van der Waals surface area contributed by atoms with Gasteiger partial charge in [0.1, 0.15) is 5.69 Å². The average molecular weight is 368 g/mol. The van der Waals surface area contributed by atoms with Gasteiger partial charge in [-0.2, -0.15) is 0 Å². The Kier molecular flexibility index (Phi) is 5.69. The normalized spacial score (nSPS) is 11.2. The highest BCUT2D eigenvalue weighted by Crippen LogP contribution is 2.08. The van der Waals surface area contributed by atoms with Gasteiger partial charge >= 0.3 is 5.69 Å². The summed E-state index contributed by atoms with van der Waals surface area (Å²) in [6.07, 6.45) is 2.81. The molecule has 0 saturated heterocycles. The SMILES string of the molecule is CCCCn1c(=O)[nH]c(=O)c2c1nc(CCc1ccccc1)c(=O)n2CC. The van der Waals surface area contributed by atoms with Crippen LogP contribution in [0, 0.1) is 0 Å². The molecule has 2 heterocycles. The van der Waals surface area contributed by atoms with E-state index in [2.05, 4.69) is 9.97 Å². The molecule has 142 valence electrons. The van der Waals surface area contributed by atoms with Gasteiger partial charge in [-0.25, -0.2) is 9.78 Å². The van der Waals surface area contributed by atoms with Crippen molar-refractivity contribution in [3.8, 4) is 0 Å². The molecule has 0 atom stereocenters. The minimum absolute atomic E-state index is 0.168. The third-order valence-corrected chi connectivity index (χ3v) is 4.70. The van der Waals surface area contributed by atoms with Gasteiger partial charge in [-0.1, -0.05) is 43.7 Å². The minimum atomic E-state index is -0.566. The fraction of sp³-hybridized carbons (Fsp3) is 0.400. The first-order valence-corrected chi connectivity index (χ1v) is 9.37. The third-order valence-electron chi connectivity index (χ3n) is 4.70. The van der Waals surface area contributed by atoms with Crippen molar-refractivity contribution in [3.05, 3.63) is 72.8 Å². The quantitative estimate of drug-likeness (QED) is 0.689. The van der Waals surface area contributed by atoms with E-state index in [0.717, 1.165) is 18.4 Å². The lowest BCUT2D eigenvalue weighted by atomic mass is 10.1. The Balaban J connectivity index is 2.17. The monoisotopic (exact) mass is 368 g/mol. The molecule has 3 aromatic rings. The molecule has 0 radical (unpaired) electrons. The smallest absolute Gasteiger partial charge is 0.300 e. The number of H-pyrrole nitrogens is 1. The molecule has 7 heteroatoms. The minimum Gasteiger partial charge on any atom is -0.300 e. The molecule has 1 aromatic carbocycles. The second-order valence-corrected chi connectivity index (χ2v) is 6.53. The summed E-state index contributed by atoms with van der Waals surface area (Å²) in [6, 6.07) is 9.86. The second kappa shape index (κ2) is 8.16. The van der Waals surface area contributed by atoms with Crippen LogP contribution in [0.4, 0.5) is 0 Å². The lowest BCUT2D eigenvalue weighted by molar-refractivity contribution is 0.603. The van der Waals surface area contributed by atoms with E-state index in [1.54, 1.807) is 0 Å². The number of nitrogens with one attached hydrogen (secondary N) is 1. The number of aromatic nitrogens is 4. The number of aryl methyl sites for hydroxylation is 4. The van der Waals surface area contributed by atoms with E-state index in [-0.39, 0.29) is 11.1 Å². The first kappa shape index (κ1) is 18.8. The van der Waals surface area contributed by atoms with Gasteiger partial charge in [0.05, 0.1) is 0 Å². The highest BCUT2D eigenvalue weighted by atomic mass is 16.2. The van der Waals surface area contributed by atoms with E-state index in [9.17, 15) is 14.4 Å². The maximum atomic E-state index is 12.9. The van der Waals surface area contributed by atoms with Crippen LogP contribution in [0.5, 0.6) is 0 Å². The zero-order chi connectivity index (χ0) is 19.4. The molecule has 0 fully saturated rings. The standard InChI is InChI=1S/C20H24N4O3/c1-3-5-13-24-17-16(18(25)22-20(24)27)23(4-2)19(26)15(21-17)12-11-14-9-7-6-8-10-14/h6-10H,3-5,11-13H2,1-2H3,(H,22,25,27). The summed E-state index contributed by atoms with van der Waals surface area (Å²) in [6.45, 7) is 4.63. The molecule has 2 aromatic heterocycles. The molecule has 0 spiro atoms. The van der Waals surface area contributed by atoms with Gasteiger partial charge in [0, 0.05) is 13.1 Å². The van der Waals surface area contributed by atoms with Crippen LogP contribution in [0.3, 0.4) is 0 Å². The molecule has 1 N–H and O–H groups in total. The molecule has 0 bridgehead atoms. The Morgan fingerprint density at radius 2 is 1.74 bits per heavy atom. The number of unbranched alkanes of at least 4 members (excludes halogenated alkanes) is 1. The highest BCUT2D eigenvalue weighted by molar-refractivity contribution is 5.69. The molecule has 27 heavy (non-hydrogen) atoms. The van der Waals surface area contributed by atoms with Crippen molar-refractivity contribution < 1.29 is 0 Å². The van der Waals surface area contributed by atoms with Crippen molar-refractivity contribution >= 4 is 11.2 Å². The maximum Gasteiger partial charge on any atom is 0.330 e. The van der Waals surface area contributed by atoms with E-state index in [1.807, 2.05) is 44.2 Å². The van der Waals surface area contributed by atoms with Crippen LogP contribution in [0.2, 0.25) is 0 Å². The summed E-state index contributed by atoms with van der Waals surface area (Å²) in [5, 5.41) is 0. The fourth-order valence-corrected chi connectivity index (χ4v) is 3.23. The first-order chi connectivity index (χ1) is 13.1. The predicted molar refractivity (Wildman–Crippen MR) is 105 cm³/mol. The van der Waals surface area contributed by atoms with Crippen LogP contribution < -0.4 is 16.8 Å². The van der Waals surface area contributed by atoms with E-state index in [1.165, 1.54) is 9.13 Å². The van der Waals surface area contributed by atoms with Gasteiger partial charge in [-0.05, 0) is 31.7 Å². The van der Waals surface area contributed by atoms with Crippen LogP contribution in [0.15, 0.2) is 44.7 Å². The number of rotatable bonds is 7. The Bertz CT molecular complexity index is 1110. The molecule has 3 rings (SSSR count). The van der Waals surface area contributed by atoms with Crippen LogP contribution >= 0.6 is 0 Å². The van der Waals surface area contributed by atoms with Crippen LogP contribution in [-0.4, -0.2) is 19.1 Å². The molecule has 0 amide bonds. The summed E-state index contributed by atoms with van der Waals surface area (Å²) in [5.74, 6) is 0. The van der Waals surface area contributed by atoms with Gasteiger partial charge in [0.2, 0.25) is 0 Å². The summed E-state index contributed by atoms with van der Waals surface area (Å²) in [5.41, 5.74) is 0.627. The van der Waals surface area contributed by atoms with E-state index in [0.29, 0.717) is 37.3 Å². The van der Waals surface area contributed by atoms with E-state index < -0.39 is 11.2 Å². The molecule has 0 saturated carbocycles. The number of fused-ring (bicyclic) bond motifs is 1. The Labute approximate surface area is 156 Å². The van der Waals surface area contributed by atoms with Crippen molar-refractivity contribution in [2.75, 3.05) is 0 Å². The fourth-order valence-electron chi connectivity index (χ4n) is 3.23. The number of aromatic amines is 1. The Morgan fingerprint density at radius 3 is 2.41 bits per heavy atom. The lowest BCUT2D eigenvalue weighted by Gasteiger charge is -2.13. The van der Waals surface area contributed by atoms with E-state index >= 15 is 0 Å². The summed E-state index contributed by atoms with van der Waals surface area (Å²) in [4.78, 5) is 44.4. The predicted octanol–water partition coefficient (Wildman–Crippen LogP) is 1.85. The summed E-state index contributed by atoms with van der Waals surface area (Å²) >= 11 is 0. The van der Waals surface area contributed by atoms with Crippen LogP contribution in [0.1, 0.15) is 37.9 Å². The molecule has 7 nitrogen and oxygen atoms in total. The molecule has 0 unspecified atom stereocenters. The molecule has 0 aliphatic rings. The number of nitrogens with zero attached hydrogens (tertiary/aromatic N) is 3. The zero-order valence-electron chi connectivity index (χ0n) is 15.7. The van der Waals surface area contributed by atoms with Gasteiger partial charge in [0.25, 0.3) is 11.1 Å². The Hall–Kier alpha value is -2.96. The van der Waals surface area contributed by atoms with Gasteiger partial charge in [-0.3, -0.25) is 23.7 Å². The van der Waals surface area contributed by atoms with Crippen molar-refractivity contribution in [2.45, 2.75) is 52.6 Å². The number of hydrogen-bond acceptors (Lipinski definition) is 4. The first-order valence-electron chi connectivity index (χ1n) is 9.37. The molecule has 0 aliphatic heterocycles. The van der Waals surface area contributed by atoms with Gasteiger partial charge < -0.3 is 0 Å². The van der Waals surface area contributed by atoms with Crippen molar-refractivity contribution in [1.82, 2.24) is 19.1 Å². The lowest BCUT2D eigenvalue weighted by Crippen LogP contribution is -2.37. The van der Waals surface area contributed by atoms with Gasteiger partial charge in [0.15, 0.2) is 11.2 Å². The maximum absolute atomic E-state index is 12.9.